The first-order valence-corrected chi connectivity index (χ1v) is 13.8. The highest BCUT2D eigenvalue weighted by atomic mass is 16.3. The van der Waals surface area contributed by atoms with Crippen molar-refractivity contribution < 1.29 is 5.11 Å². The number of fused-ring (bicyclic) bond motifs is 1. The lowest BCUT2D eigenvalue weighted by atomic mass is 9.69. The number of aromatic hydroxyl groups is 1. The van der Waals surface area contributed by atoms with Crippen LogP contribution in [0.1, 0.15) is 79.5 Å². The summed E-state index contributed by atoms with van der Waals surface area (Å²) in [4.78, 5) is 7.50. The fourth-order valence-corrected chi connectivity index (χ4v) is 6.80. The second kappa shape index (κ2) is 11.0. The number of aryl methyl sites for hydroxylation is 1. The van der Waals surface area contributed by atoms with Crippen molar-refractivity contribution in [2.75, 3.05) is 31.6 Å². The molecule has 5 rings (SSSR count). The number of aromatic nitrogens is 1. The number of benzene rings is 2. The highest BCUT2D eigenvalue weighted by molar-refractivity contribution is 5.49. The van der Waals surface area contributed by atoms with Gasteiger partial charge < -0.3 is 15.3 Å². The molecule has 2 unspecified atom stereocenters. The normalized spacial score (nSPS) is 21.2. The van der Waals surface area contributed by atoms with Gasteiger partial charge >= 0.3 is 0 Å². The lowest BCUT2D eigenvalue weighted by molar-refractivity contribution is 0.179. The van der Waals surface area contributed by atoms with Gasteiger partial charge in [-0.15, -0.1) is 0 Å². The van der Waals surface area contributed by atoms with Gasteiger partial charge in [0, 0.05) is 25.2 Å². The standard InChI is InChI=1S/C32H41N3O/c1-3-15-32(16-19-33-2)17-20-35(21-18-32)30-14-10-26(23-34-30)31-28(24-7-5-4-6-8-24)12-9-25-22-27(36)11-13-29(25)31/h4-8,10-11,13-14,22-23,28,31,33,36H,3,9,12,15-21H2,1-2H3. The van der Waals surface area contributed by atoms with Gasteiger partial charge in [-0.3, -0.25) is 0 Å². The van der Waals surface area contributed by atoms with Crippen molar-refractivity contribution in [2.45, 2.75) is 63.7 Å². The summed E-state index contributed by atoms with van der Waals surface area (Å²) in [6, 6.07) is 21.4. The molecule has 1 aliphatic heterocycles. The molecule has 2 heterocycles. The summed E-state index contributed by atoms with van der Waals surface area (Å²) in [5, 5.41) is 13.5. The van der Waals surface area contributed by atoms with Crippen LogP contribution in [-0.4, -0.2) is 36.8 Å². The van der Waals surface area contributed by atoms with Crippen LogP contribution >= 0.6 is 0 Å². The van der Waals surface area contributed by atoms with Crippen molar-refractivity contribution in [3.05, 3.63) is 89.1 Å². The van der Waals surface area contributed by atoms with Crippen LogP contribution < -0.4 is 10.2 Å². The highest BCUT2D eigenvalue weighted by Crippen LogP contribution is 2.47. The Morgan fingerprint density at radius 2 is 1.81 bits per heavy atom. The topological polar surface area (TPSA) is 48.4 Å². The van der Waals surface area contributed by atoms with Crippen LogP contribution in [0.25, 0.3) is 0 Å². The fraction of sp³-hybridized carbons (Fsp3) is 0.469. The van der Waals surface area contributed by atoms with Crippen LogP contribution in [0.2, 0.25) is 0 Å². The van der Waals surface area contributed by atoms with Gasteiger partial charge in [0.15, 0.2) is 0 Å². The Kier molecular flexibility index (Phi) is 7.62. The molecule has 0 bridgehead atoms. The zero-order valence-corrected chi connectivity index (χ0v) is 21.9. The number of anilines is 1. The van der Waals surface area contributed by atoms with Gasteiger partial charge in [0.25, 0.3) is 0 Å². The molecule has 0 amide bonds. The molecule has 1 aliphatic carbocycles. The number of hydrogen-bond donors (Lipinski definition) is 2. The molecule has 0 saturated carbocycles. The fourth-order valence-electron chi connectivity index (χ4n) is 6.80. The van der Waals surface area contributed by atoms with Gasteiger partial charge in [-0.2, -0.15) is 0 Å². The zero-order valence-electron chi connectivity index (χ0n) is 21.9. The molecule has 2 atom stereocenters. The van der Waals surface area contributed by atoms with Gasteiger partial charge in [-0.25, -0.2) is 4.98 Å². The van der Waals surface area contributed by atoms with Crippen LogP contribution in [0.5, 0.6) is 5.75 Å². The monoisotopic (exact) mass is 483 g/mol. The van der Waals surface area contributed by atoms with Crippen LogP contribution in [-0.2, 0) is 6.42 Å². The average molecular weight is 484 g/mol. The minimum atomic E-state index is 0.249. The molecule has 1 aromatic heterocycles. The Labute approximate surface area is 216 Å². The third-order valence-corrected chi connectivity index (χ3v) is 8.78. The molecule has 0 radical (unpaired) electrons. The van der Waals surface area contributed by atoms with Crippen molar-refractivity contribution >= 4 is 5.82 Å². The van der Waals surface area contributed by atoms with E-state index in [1.54, 1.807) is 0 Å². The number of nitrogens with zero attached hydrogens (tertiary/aromatic N) is 2. The predicted octanol–water partition coefficient (Wildman–Crippen LogP) is 6.65. The summed E-state index contributed by atoms with van der Waals surface area (Å²) in [5.74, 6) is 2.12. The number of phenolic OH excluding ortho intramolecular Hbond substituents is 1. The lowest BCUT2D eigenvalue weighted by Gasteiger charge is -2.42. The second-order valence-electron chi connectivity index (χ2n) is 11.0. The maximum Gasteiger partial charge on any atom is 0.128 e. The second-order valence-corrected chi connectivity index (χ2v) is 11.0. The minimum Gasteiger partial charge on any atom is -0.508 e. The Balaban J connectivity index is 1.38. The molecular weight excluding hydrogens is 442 g/mol. The van der Waals surface area contributed by atoms with E-state index < -0.39 is 0 Å². The molecule has 0 spiro atoms. The average Bonchev–Trinajstić information content (AvgIpc) is 2.92. The third kappa shape index (κ3) is 5.15. The number of hydrogen-bond acceptors (Lipinski definition) is 4. The largest absolute Gasteiger partial charge is 0.508 e. The third-order valence-electron chi connectivity index (χ3n) is 8.78. The van der Waals surface area contributed by atoms with Gasteiger partial charge in [0.1, 0.15) is 11.6 Å². The molecule has 2 N–H and O–H groups in total. The van der Waals surface area contributed by atoms with Crippen molar-refractivity contribution in [2.24, 2.45) is 5.41 Å². The highest BCUT2D eigenvalue weighted by Gasteiger charge is 2.35. The van der Waals surface area contributed by atoms with Crippen molar-refractivity contribution in [3.63, 3.8) is 0 Å². The van der Waals surface area contributed by atoms with E-state index >= 15 is 0 Å². The van der Waals surface area contributed by atoms with E-state index in [4.69, 9.17) is 4.98 Å². The number of phenols is 1. The van der Waals surface area contributed by atoms with Crippen LogP contribution in [0.15, 0.2) is 66.9 Å². The summed E-state index contributed by atoms with van der Waals surface area (Å²) in [5.41, 5.74) is 5.73. The Hall–Kier alpha value is -2.85. The van der Waals surface area contributed by atoms with E-state index in [2.05, 4.69) is 78.9 Å². The van der Waals surface area contributed by atoms with E-state index in [-0.39, 0.29) is 5.92 Å². The van der Waals surface area contributed by atoms with Gasteiger partial charge in [-0.05, 0) is 104 Å². The maximum atomic E-state index is 10.1. The summed E-state index contributed by atoms with van der Waals surface area (Å²) < 4.78 is 0. The first-order chi connectivity index (χ1) is 17.6. The van der Waals surface area contributed by atoms with Gasteiger partial charge in [0.05, 0.1) is 0 Å². The van der Waals surface area contributed by atoms with Gasteiger partial charge in [-0.1, -0.05) is 55.8 Å². The Bertz CT molecular complexity index is 1120. The molecular formula is C32H41N3O. The number of nitrogens with one attached hydrogen (secondary N) is 1. The SMILES string of the molecule is CCCC1(CCNC)CCN(c2ccc(C3c4ccc(O)cc4CCC3c3ccccc3)cn2)CC1. The lowest BCUT2D eigenvalue weighted by Crippen LogP contribution is -2.41. The Morgan fingerprint density at radius 3 is 2.50 bits per heavy atom. The molecule has 1 fully saturated rings. The molecule has 3 aromatic rings. The molecule has 1 saturated heterocycles. The summed E-state index contributed by atoms with van der Waals surface area (Å²) in [7, 11) is 2.07. The molecule has 4 nitrogen and oxygen atoms in total. The van der Waals surface area contributed by atoms with Crippen LogP contribution in [0.4, 0.5) is 5.82 Å². The van der Waals surface area contributed by atoms with E-state index in [1.807, 2.05) is 12.1 Å². The Morgan fingerprint density at radius 1 is 1.00 bits per heavy atom. The first kappa shape index (κ1) is 24.8. The first-order valence-electron chi connectivity index (χ1n) is 13.8. The number of rotatable bonds is 8. The quantitative estimate of drug-likeness (QED) is 0.377. The summed E-state index contributed by atoms with van der Waals surface area (Å²) >= 11 is 0. The van der Waals surface area contributed by atoms with E-state index in [0.717, 1.165) is 38.3 Å². The smallest absolute Gasteiger partial charge is 0.128 e. The van der Waals surface area contributed by atoms with Crippen LogP contribution in [0.3, 0.4) is 0 Å². The molecule has 2 aromatic carbocycles. The van der Waals surface area contributed by atoms with E-state index in [1.165, 1.54) is 54.4 Å². The molecule has 190 valence electrons. The van der Waals surface area contributed by atoms with E-state index in [9.17, 15) is 5.11 Å². The number of piperidine rings is 1. The summed E-state index contributed by atoms with van der Waals surface area (Å²) in [6.45, 7) is 5.61. The molecule has 36 heavy (non-hydrogen) atoms. The van der Waals surface area contributed by atoms with Crippen molar-refractivity contribution in [3.8, 4) is 5.75 Å². The minimum absolute atomic E-state index is 0.249. The zero-order chi connectivity index (χ0) is 25.0. The van der Waals surface area contributed by atoms with Crippen molar-refractivity contribution in [1.82, 2.24) is 10.3 Å². The van der Waals surface area contributed by atoms with Crippen LogP contribution in [0, 0.1) is 5.41 Å². The van der Waals surface area contributed by atoms with Crippen molar-refractivity contribution in [1.29, 1.82) is 0 Å². The van der Waals surface area contributed by atoms with Gasteiger partial charge in [0.2, 0.25) is 0 Å². The number of pyridine rings is 1. The molecule has 4 heteroatoms. The van der Waals surface area contributed by atoms with E-state index in [0.29, 0.717) is 17.1 Å². The molecule has 2 aliphatic rings. The maximum absolute atomic E-state index is 10.1. The summed E-state index contributed by atoms with van der Waals surface area (Å²) in [6.07, 6.45) is 10.6. The predicted molar refractivity (Wildman–Crippen MR) is 149 cm³/mol.